The van der Waals surface area contributed by atoms with E-state index >= 15 is 0 Å². The second-order valence-corrected chi connectivity index (χ2v) is 0. The minimum absolute atomic E-state index is 0. The van der Waals surface area contributed by atoms with Crippen LogP contribution in [0.3, 0.4) is 0 Å². The minimum Gasteiger partial charge on any atom is -0.693 e. The van der Waals surface area contributed by atoms with Crippen LogP contribution < -0.4 is 0 Å². The molecule has 0 saturated heterocycles. The van der Waals surface area contributed by atoms with Crippen molar-refractivity contribution in [3.63, 3.8) is 0 Å². The van der Waals surface area contributed by atoms with Crippen molar-refractivity contribution in [2.75, 3.05) is 0 Å². The van der Waals surface area contributed by atoms with Gasteiger partial charge in [0.15, 0.2) is 0 Å². The van der Waals surface area contributed by atoms with E-state index in [0.717, 1.165) is 0 Å². The average Bonchev–Trinajstić information content (AvgIpc) is 0. The van der Waals surface area contributed by atoms with Crippen LogP contribution in [0.25, 0.3) is 24.6 Å². The Morgan fingerprint density at radius 1 is 0.400 bits per heavy atom. The Labute approximate surface area is 42.5 Å². The molecule has 4 nitrogen and oxygen atoms in total. The van der Waals surface area contributed by atoms with Gasteiger partial charge >= 0.3 is 17.1 Å². The third-order valence-corrected chi connectivity index (χ3v) is 0. The summed E-state index contributed by atoms with van der Waals surface area (Å²) < 4.78 is 0. The summed E-state index contributed by atoms with van der Waals surface area (Å²) in [7, 11) is 0. The molecule has 0 rings (SSSR count). The van der Waals surface area contributed by atoms with Gasteiger partial charge < -0.3 is 24.6 Å². The molecular formula is H8CuN4-2. The van der Waals surface area contributed by atoms with Crippen molar-refractivity contribution >= 4 is 0 Å². The Bertz CT molecular complexity index is 3.61. The van der Waals surface area contributed by atoms with E-state index in [9.17, 15) is 0 Å². The summed E-state index contributed by atoms with van der Waals surface area (Å²) in [5.41, 5.74) is 0. The fraction of sp³-hybridized carbons (Fsp3) is 0. The smallest absolute Gasteiger partial charge is 0.693 e. The summed E-state index contributed by atoms with van der Waals surface area (Å²) in [6.45, 7) is 0. The van der Waals surface area contributed by atoms with Crippen LogP contribution >= 0.6 is 0 Å². The SMILES string of the molecule is [Cu+2].[NH2-].[NH2-].[NH2-].[NH2-]. The van der Waals surface area contributed by atoms with Gasteiger partial charge in [0.2, 0.25) is 0 Å². The van der Waals surface area contributed by atoms with Gasteiger partial charge in [-0.05, 0) is 0 Å². The molecule has 0 fully saturated rings. The maximum Gasteiger partial charge on any atom is 2.00 e. The summed E-state index contributed by atoms with van der Waals surface area (Å²) in [6, 6.07) is 0. The van der Waals surface area contributed by atoms with E-state index in [1.807, 2.05) is 0 Å². The van der Waals surface area contributed by atoms with Gasteiger partial charge in [0, 0.05) is 0 Å². The van der Waals surface area contributed by atoms with Gasteiger partial charge in [-0.15, -0.1) is 0 Å². The third-order valence-electron chi connectivity index (χ3n) is 0. The van der Waals surface area contributed by atoms with Crippen LogP contribution in [0.15, 0.2) is 0 Å². The van der Waals surface area contributed by atoms with Crippen LogP contribution in [0.2, 0.25) is 0 Å². The van der Waals surface area contributed by atoms with E-state index in [-0.39, 0.29) is 41.7 Å². The largest absolute Gasteiger partial charge is 2.00 e. The van der Waals surface area contributed by atoms with Crippen molar-refractivity contribution in [2.45, 2.75) is 0 Å². The molecule has 0 aromatic rings. The van der Waals surface area contributed by atoms with Crippen LogP contribution in [0.5, 0.6) is 0 Å². The average molecular weight is 128 g/mol. The molecular weight excluding hydrogens is 120 g/mol. The molecule has 0 saturated carbocycles. The molecule has 0 aromatic heterocycles. The van der Waals surface area contributed by atoms with Crippen LogP contribution in [0.1, 0.15) is 0 Å². The summed E-state index contributed by atoms with van der Waals surface area (Å²) >= 11 is 0. The molecule has 41 valence electrons. The first-order valence-corrected chi connectivity index (χ1v) is 0. The first kappa shape index (κ1) is 788. The molecule has 5 heteroatoms. The predicted octanol–water partition coefficient (Wildman–Crippen LogP) is 2.87. The van der Waals surface area contributed by atoms with Gasteiger partial charge in [-0.25, -0.2) is 0 Å². The molecule has 0 spiro atoms. The Balaban J connectivity index is 0. The number of nitrogens with two attached hydrogens (primary N) is 4. The van der Waals surface area contributed by atoms with Crippen LogP contribution in [0, 0.1) is 0 Å². The summed E-state index contributed by atoms with van der Waals surface area (Å²) in [4.78, 5) is 0. The van der Waals surface area contributed by atoms with E-state index in [0.29, 0.717) is 0 Å². The molecule has 5 heavy (non-hydrogen) atoms. The van der Waals surface area contributed by atoms with Crippen LogP contribution in [-0.2, 0) is 17.1 Å². The van der Waals surface area contributed by atoms with E-state index in [4.69, 9.17) is 0 Å². The second-order valence-electron chi connectivity index (χ2n) is 0. The molecule has 0 amide bonds. The van der Waals surface area contributed by atoms with Gasteiger partial charge in [-0.3, -0.25) is 0 Å². The molecule has 0 heterocycles. The predicted molar refractivity (Wildman–Crippen MR) is 21.1 cm³/mol. The number of hydrogen-bond acceptors (Lipinski definition) is 0. The van der Waals surface area contributed by atoms with Gasteiger partial charge in [0.1, 0.15) is 0 Å². The quantitative estimate of drug-likeness (QED) is 0.443. The van der Waals surface area contributed by atoms with Crippen molar-refractivity contribution in [2.24, 2.45) is 0 Å². The maximum absolute atomic E-state index is 0. The first-order chi connectivity index (χ1) is 0. The maximum atomic E-state index is 0. The molecule has 0 unspecified atom stereocenters. The fourth-order valence-corrected chi connectivity index (χ4v) is 0. The van der Waals surface area contributed by atoms with Gasteiger partial charge in [0.25, 0.3) is 0 Å². The Hall–Kier alpha value is 0.359. The fourth-order valence-electron chi connectivity index (χ4n) is 0. The molecule has 0 aliphatic heterocycles. The van der Waals surface area contributed by atoms with Gasteiger partial charge in [-0.1, -0.05) is 0 Å². The van der Waals surface area contributed by atoms with Crippen molar-refractivity contribution in [1.82, 2.24) is 0 Å². The Morgan fingerprint density at radius 3 is 0.400 bits per heavy atom. The zero-order valence-corrected chi connectivity index (χ0v) is 3.55. The van der Waals surface area contributed by atoms with E-state index in [1.165, 1.54) is 0 Å². The van der Waals surface area contributed by atoms with Crippen molar-refractivity contribution in [3.05, 3.63) is 24.6 Å². The molecule has 0 bridgehead atoms. The number of rotatable bonds is 0. The standard InChI is InChI=1S/Cu.4H2N/h;4*1H2/q+2;4*-1. The van der Waals surface area contributed by atoms with Crippen LogP contribution in [0.4, 0.5) is 0 Å². The zero-order valence-electron chi connectivity index (χ0n) is 2.61. The van der Waals surface area contributed by atoms with Gasteiger partial charge in [-0.2, -0.15) is 0 Å². The monoisotopic (exact) mass is 127 g/mol. The first-order valence-electron chi connectivity index (χ1n) is 0. The van der Waals surface area contributed by atoms with Crippen molar-refractivity contribution in [1.29, 1.82) is 0 Å². The molecule has 8 N–H and O–H groups in total. The Kier molecular flexibility index (Phi) is 60000. The molecule has 1 radical (unpaired) electrons. The van der Waals surface area contributed by atoms with Crippen molar-refractivity contribution < 1.29 is 17.1 Å². The topological polar surface area (TPSA) is 134 Å². The van der Waals surface area contributed by atoms with Gasteiger partial charge in [0.05, 0.1) is 0 Å². The zero-order chi connectivity index (χ0) is 0. The van der Waals surface area contributed by atoms with E-state index < -0.39 is 0 Å². The van der Waals surface area contributed by atoms with E-state index in [1.54, 1.807) is 0 Å². The Morgan fingerprint density at radius 2 is 0.400 bits per heavy atom. The molecule has 0 aliphatic rings. The summed E-state index contributed by atoms with van der Waals surface area (Å²) in [5, 5.41) is 0. The van der Waals surface area contributed by atoms with Crippen molar-refractivity contribution in [3.8, 4) is 0 Å². The van der Waals surface area contributed by atoms with E-state index in [2.05, 4.69) is 0 Å². The third kappa shape index (κ3) is 188. The molecule has 0 aliphatic carbocycles. The summed E-state index contributed by atoms with van der Waals surface area (Å²) in [6.07, 6.45) is 0. The molecule has 0 atom stereocenters. The second kappa shape index (κ2) is 381. The van der Waals surface area contributed by atoms with Crippen LogP contribution in [-0.4, -0.2) is 0 Å². The molecule has 0 aromatic carbocycles. The normalized spacial score (nSPS) is 0. The summed E-state index contributed by atoms with van der Waals surface area (Å²) in [5.74, 6) is 0. The minimum atomic E-state index is 0. The number of hydrogen-bond donors (Lipinski definition) is 0.